The molecular weight excluding hydrogens is 296 g/mol. The Morgan fingerprint density at radius 1 is 1.50 bits per heavy atom. The number of hydrogen-bond acceptors (Lipinski definition) is 4. The standard InChI is InChI=1S/C12H17BrN4O/c13-10-8-15-4-2-11(10)16-12(18)9-17-6-1-3-14-5-7-17/h2,4,8,14H,1,3,5-7,9H2,(H,15,16,18). The van der Waals surface area contributed by atoms with Crippen molar-refractivity contribution in [2.45, 2.75) is 6.42 Å². The minimum absolute atomic E-state index is 0.0174. The Morgan fingerprint density at radius 2 is 2.39 bits per heavy atom. The van der Waals surface area contributed by atoms with Gasteiger partial charge < -0.3 is 10.6 Å². The lowest BCUT2D eigenvalue weighted by atomic mass is 10.3. The van der Waals surface area contributed by atoms with E-state index in [0.717, 1.165) is 42.8 Å². The number of amides is 1. The fourth-order valence-corrected chi connectivity index (χ4v) is 2.28. The van der Waals surface area contributed by atoms with Crippen LogP contribution in [-0.4, -0.2) is 48.5 Å². The van der Waals surface area contributed by atoms with Gasteiger partial charge in [0.05, 0.1) is 16.7 Å². The summed E-state index contributed by atoms with van der Waals surface area (Å²) in [5.41, 5.74) is 0.767. The van der Waals surface area contributed by atoms with E-state index in [1.54, 1.807) is 18.5 Å². The molecule has 1 aromatic heterocycles. The summed E-state index contributed by atoms with van der Waals surface area (Å²) in [6, 6.07) is 1.78. The largest absolute Gasteiger partial charge is 0.324 e. The van der Waals surface area contributed by atoms with Crippen molar-refractivity contribution in [2.24, 2.45) is 0 Å². The molecule has 0 radical (unpaired) electrons. The van der Waals surface area contributed by atoms with Gasteiger partial charge >= 0.3 is 0 Å². The average Bonchev–Trinajstić information content (AvgIpc) is 2.61. The first-order valence-electron chi connectivity index (χ1n) is 6.08. The minimum atomic E-state index is 0.0174. The number of carbonyl (C=O) groups is 1. The molecule has 0 aliphatic carbocycles. The SMILES string of the molecule is O=C(CN1CCCNCC1)Nc1ccncc1Br. The van der Waals surface area contributed by atoms with Gasteiger partial charge in [-0.1, -0.05) is 0 Å². The van der Waals surface area contributed by atoms with Crippen molar-refractivity contribution < 1.29 is 4.79 Å². The summed E-state index contributed by atoms with van der Waals surface area (Å²) < 4.78 is 0.802. The number of aromatic nitrogens is 1. The van der Waals surface area contributed by atoms with E-state index < -0.39 is 0 Å². The second kappa shape index (κ2) is 6.82. The first kappa shape index (κ1) is 13.5. The van der Waals surface area contributed by atoms with E-state index in [2.05, 4.69) is 36.4 Å². The van der Waals surface area contributed by atoms with Crippen LogP contribution in [-0.2, 0) is 4.79 Å². The molecule has 0 aromatic carbocycles. The maximum Gasteiger partial charge on any atom is 0.238 e. The Balaban J connectivity index is 1.86. The Bertz CT molecular complexity index is 405. The Kier molecular flexibility index (Phi) is 5.10. The highest BCUT2D eigenvalue weighted by molar-refractivity contribution is 9.10. The summed E-state index contributed by atoms with van der Waals surface area (Å²) in [6.07, 6.45) is 4.42. The number of anilines is 1. The van der Waals surface area contributed by atoms with Crippen LogP contribution < -0.4 is 10.6 Å². The van der Waals surface area contributed by atoms with Crippen LogP contribution in [0.15, 0.2) is 22.9 Å². The number of nitrogens with one attached hydrogen (secondary N) is 2. The van der Waals surface area contributed by atoms with Gasteiger partial charge in [0.1, 0.15) is 0 Å². The Hall–Kier alpha value is -0.980. The second-order valence-electron chi connectivity index (χ2n) is 4.28. The normalized spacial score (nSPS) is 17.2. The van der Waals surface area contributed by atoms with Gasteiger partial charge in [0.25, 0.3) is 0 Å². The third-order valence-corrected chi connectivity index (χ3v) is 3.48. The van der Waals surface area contributed by atoms with Crippen LogP contribution in [0.4, 0.5) is 5.69 Å². The molecule has 1 saturated heterocycles. The zero-order valence-corrected chi connectivity index (χ0v) is 11.7. The fourth-order valence-electron chi connectivity index (χ4n) is 1.93. The lowest BCUT2D eigenvalue weighted by Gasteiger charge is -2.18. The third-order valence-electron chi connectivity index (χ3n) is 2.85. The summed E-state index contributed by atoms with van der Waals surface area (Å²) in [7, 11) is 0. The van der Waals surface area contributed by atoms with Crippen LogP contribution in [0.3, 0.4) is 0 Å². The van der Waals surface area contributed by atoms with Crippen LogP contribution in [0.1, 0.15) is 6.42 Å². The Labute approximate surface area is 115 Å². The second-order valence-corrected chi connectivity index (χ2v) is 5.14. The molecule has 0 unspecified atom stereocenters. The van der Waals surface area contributed by atoms with Crippen molar-refractivity contribution in [3.8, 4) is 0 Å². The van der Waals surface area contributed by atoms with Gasteiger partial charge in [-0.3, -0.25) is 14.7 Å². The van der Waals surface area contributed by atoms with Crippen LogP contribution >= 0.6 is 15.9 Å². The summed E-state index contributed by atoms with van der Waals surface area (Å²) in [5.74, 6) is 0.0174. The van der Waals surface area contributed by atoms with Crippen LogP contribution in [0.2, 0.25) is 0 Å². The molecule has 1 aliphatic rings. The highest BCUT2D eigenvalue weighted by atomic mass is 79.9. The van der Waals surface area contributed by atoms with Crippen molar-refractivity contribution in [3.05, 3.63) is 22.9 Å². The van der Waals surface area contributed by atoms with Crippen LogP contribution in [0.25, 0.3) is 0 Å². The molecule has 6 heteroatoms. The maximum atomic E-state index is 11.9. The molecule has 2 N–H and O–H groups in total. The number of hydrogen-bond donors (Lipinski definition) is 2. The smallest absolute Gasteiger partial charge is 0.238 e. The molecule has 0 spiro atoms. The molecule has 1 fully saturated rings. The lowest BCUT2D eigenvalue weighted by molar-refractivity contribution is -0.117. The van der Waals surface area contributed by atoms with E-state index in [9.17, 15) is 4.79 Å². The first-order chi connectivity index (χ1) is 8.75. The number of nitrogens with zero attached hydrogens (tertiary/aromatic N) is 2. The van der Waals surface area contributed by atoms with Gasteiger partial charge in [-0.15, -0.1) is 0 Å². The maximum absolute atomic E-state index is 11.9. The fraction of sp³-hybridized carbons (Fsp3) is 0.500. The van der Waals surface area contributed by atoms with Crippen molar-refractivity contribution in [1.29, 1.82) is 0 Å². The van der Waals surface area contributed by atoms with E-state index in [0.29, 0.717) is 6.54 Å². The third kappa shape index (κ3) is 4.04. The first-order valence-corrected chi connectivity index (χ1v) is 6.87. The molecule has 2 heterocycles. The van der Waals surface area contributed by atoms with E-state index in [-0.39, 0.29) is 5.91 Å². The van der Waals surface area contributed by atoms with Gasteiger partial charge in [0.2, 0.25) is 5.91 Å². The van der Waals surface area contributed by atoms with Crippen molar-refractivity contribution in [2.75, 3.05) is 38.0 Å². The molecule has 98 valence electrons. The predicted octanol–water partition coefficient (Wildman–Crippen LogP) is 1.08. The number of pyridine rings is 1. The summed E-state index contributed by atoms with van der Waals surface area (Å²) in [5, 5.41) is 6.21. The van der Waals surface area contributed by atoms with Gasteiger partial charge in [-0.25, -0.2) is 0 Å². The molecule has 1 amide bonds. The van der Waals surface area contributed by atoms with Crippen LogP contribution in [0, 0.1) is 0 Å². The number of rotatable bonds is 3. The summed E-state index contributed by atoms with van der Waals surface area (Å²) >= 11 is 3.36. The van der Waals surface area contributed by atoms with Gasteiger partial charge in [-0.05, 0) is 41.5 Å². The number of carbonyl (C=O) groups excluding carboxylic acids is 1. The quantitative estimate of drug-likeness (QED) is 0.877. The van der Waals surface area contributed by atoms with Gasteiger partial charge in [0, 0.05) is 25.5 Å². The molecule has 0 saturated carbocycles. The molecule has 2 rings (SSSR count). The van der Waals surface area contributed by atoms with Crippen molar-refractivity contribution in [3.63, 3.8) is 0 Å². The van der Waals surface area contributed by atoms with Crippen molar-refractivity contribution in [1.82, 2.24) is 15.2 Å². The van der Waals surface area contributed by atoms with E-state index >= 15 is 0 Å². The molecule has 0 bridgehead atoms. The topological polar surface area (TPSA) is 57.3 Å². The lowest BCUT2D eigenvalue weighted by Crippen LogP contribution is -2.35. The van der Waals surface area contributed by atoms with Crippen LogP contribution in [0.5, 0.6) is 0 Å². The zero-order valence-electron chi connectivity index (χ0n) is 10.2. The van der Waals surface area contributed by atoms with E-state index in [1.807, 2.05) is 0 Å². The summed E-state index contributed by atoms with van der Waals surface area (Å²) in [4.78, 5) is 18.1. The molecule has 1 aliphatic heterocycles. The highest BCUT2D eigenvalue weighted by Crippen LogP contribution is 2.19. The van der Waals surface area contributed by atoms with Crippen molar-refractivity contribution >= 4 is 27.5 Å². The number of halogens is 1. The minimum Gasteiger partial charge on any atom is -0.324 e. The molecule has 18 heavy (non-hydrogen) atoms. The van der Waals surface area contributed by atoms with Gasteiger partial charge in [0.15, 0.2) is 0 Å². The Morgan fingerprint density at radius 3 is 3.22 bits per heavy atom. The average molecular weight is 313 g/mol. The molecule has 5 nitrogen and oxygen atoms in total. The highest BCUT2D eigenvalue weighted by Gasteiger charge is 2.13. The van der Waals surface area contributed by atoms with E-state index in [4.69, 9.17) is 0 Å². The van der Waals surface area contributed by atoms with E-state index in [1.165, 1.54) is 0 Å². The van der Waals surface area contributed by atoms with Gasteiger partial charge in [-0.2, -0.15) is 0 Å². The monoisotopic (exact) mass is 312 g/mol. The zero-order chi connectivity index (χ0) is 12.8. The summed E-state index contributed by atoms with van der Waals surface area (Å²) in [6.45, 7) is 4.32. The molecule has 1 aromatic rings. The molecular formula is C12H17BrN4O. The molecule has 0 atom stereocenters. The predicted molar refractivity (Wildman–Crippen MR) is 74.5 cm³/mol.